The van der Waals surface area contributed by atoms with Crippen LogP contribution < -0.4 is 5.73 Å². The molecule has 0 radical (unpaired) electrons. The van der Waals surface area contributed by atoms with Gasteiger partial charge in [0.25, 0.3) is 0 Å². The van der Waals surface area contributed by atoms with Gasteiger partial charge in [0.2, 0.25) is 5.95 Å². The van der Waals surface area contributed by atoms with Gasteiger partial charge in [0.1, 0.15) is 11.2 Å². The molecule has 0 bridgehead atoms. The molecule has 11 heteroatoms. The second-order valence-corrected chi connectivity index (χ2v) is 8.92. The van der Waals surface area contributed by atoms with E-state index in [2.05, 4.69) is 38.9 Å². The number of piperidine rings is 1. The van der Waals surface area contributed by atoms with E-state index in [1.165, 1.54) is 4.90 Å². The van der Waals surface area contributed by atoms with E-state index in [4.69, 9.17) is 5.73 Å². The van der Waals surface area contributed by atoms with E-state index in [0.29, 0.717) is 17.0 Å². The van der Waals surface area contributed by atoms with E-state index in [1.54, 1.807) is 12.3 Å². The zero-order chi connectivity index (χ0) is 24.0. The Morgan fingerprint density at radius 2 is 1.94 bits per heavy atom. The number of likely N-dealkylation sites (tertiary alicyclic amines) is 1. The Morgan fingerprint density at radius 3 is 2.62 bits per heavy atom. The van der Waals surface area contributed by atoms with Crippen LogP contribution in [0, 0.1) is 0 Å². The largest absolute Gasteiger partial charge is 0.465 e. The molecule has 0 aliphatic carbocycles. The molecular formula is C23H26N8O3. The van der Waals surface area contributed by atoms with Crippen LogP contribution in [-0.2, 0) is 5.60 Å². The summed E-state index contributed by atoms with van der Waals surface area (Å²) in [6.07, 6.45) is 6.87. The van der Waals surface area contributed by atoms with E-state index < -0.39 is 11.7 Å². The number of nitrogen functional groups attached to an aromatic ring is 1. The van der Waals surface area contributed by atoms with Crippen LogP contribution >= 0.6 is 0 Å². The number of carbonyl (C=O) groups is 1. The van der Waals surface area contributed by atoms with E-state index in [9.17, 15) is 15.0 Å². The standard InChI is InChI=1S/C23H26N8O3/c1-13(2)31-12-15(10-27-31)14-7-16-17(11-26-20(16)25-9-14)18-8-19(29-21(24)28-18)23(34)3-5-30(6-4-23)22(32)33/h7-13,34H,3-6H2,1-2H3,(H,25,26)(H,32,33)(H2,24,28,29). The van der Waals surface area contributed by atoms with Gasteiger partial charge in [0.15, 0.2) is 0 Å². The number of H-pyrrole nitrogens is 1. The maximum atomic E-state index is 11.2. The van der Waals surface area contributed by atoms with Gasteiger partial charge in [-0.05, 0) is 38.8 Å². The number of nitrogens with zero attached hydrogens (tertiary/aromatic N) is 6. The van der Waals surface area contributed by atoms with Gasteiger partial charge in [-0.3, -0.25) is 4.68 Å². The monoisotopic (exact) mass is 462 g/mol. The van der Waals surface area contributed by atoms with Crippen LogP contribution in [0.3, 0.4) is 0 Å². The fourth-order valence-electron chi connectivity index (χ4n) is 4.31. The normalized spacial score (nSPS) is 15.8. The van der Waals surface area contributed by atoms with Gasteiger partial charge in [-0.2, -0.15) is 5.10 Å². The molecule has 0 aromatic carbocycles. The molecule has 1 amide bonds. The van der Waals surface area contributed by atoms with Crippen LogP contribution in [-0.4, -0.2) is 64.0 Å². The van der Waals surface area contributed by atoms with Crippen LogP contribution in [0.5, 0.6) is 0 Å². The minimum atomic E-state index is -1.28. The quantitative estimate of drug-likeness (QED) is 0.360. The van der Waals surface area contributed by atoms with Crippen LogP contribution in [0.25, 0.3) is 33.4 Å². The van der Waals surface area contributed by atoms with E-state index in [1.807, 2.05) is 29.3 Å². The first-order chi connectivity index (χ1) is 16.2. The van der Waals surface area contributed by atoms with Crippen LogP contribution in [0.1, 0.15) is 38.4 Å². The third kappa shape index (κ3) is 3.83. The smallest absolute Gasteiger partial charge is 0.407 e. The molecule has 176 valence electrons. The zero-order valence-electron chi connectivity index (χ0n) is 18.9. The van der Waals surface area contributed by atoms with Crippen molar-refractivity contribution in [3.63, 3.8) is 0 Å². The summed E-state index contributed by atoms with van der Waals surface area (Å²) >= 11 is 0. The van der Waals surface area contributed by atoms with Gasteiger partial charge in [-0.15, -0.1) is 0 Å². The fourth-order valence-corrected chi connectivity index (χ4v) is 4.31. The van der Waals surface area contributed by atoms with Crippen molar-refractivity contribution in [2.45, 2.75) is 38.3 Å². The maximum absolute atomic E-state index is 11.2. The molecular weight excluding hydrogens is 436 g/mol. The average Bonchev–Trinajstić information content (AvgIpc) is 3.46. The van der Waals surface area contributed by atoms with Crippen molar-refractivity contribution in [3.8, 4) is 22.4 Å². The lowest BCUT2D eigenvalue weighted by molar-refractivity contribution is -0.0246. The number of rotatable bonds is 4. The number of amides is 1. The first kappa shape index (κ1) is 21.8. The number of hydrogen-bond acceptors (Lipinski definition) is 7. The number of fused-ring (bicyclic) bond motifs is 1. The molecule has 4 aromatic heterocycles. The molecule has 1 aliphatic rings. The fraction of sp³-hybridized carbons (Fsp3) is 0.348. The first-order valence-corrected chi connectivity index (χ1v) is 11.1. The van der Waals surface area contributed by atoms with Crippen LogP contribution in [0.15, 0.2) is 36.9 Å². The molecule has 0 atom stereocenters. The Morgan fingerprint density at radius 1 is 1.18 bits per heavy atom. The van der Waals surface area contributed by atoms with Crippen molar-refractivity contribution in [1.29, 1.82) is 0 Å². The lowest BCUT2D eigenvalue weighted by Gasteiger charge is -2.36. The Kier molecular flexibility index (Phi) is 5.20. The average molecular weight is 463 g/mol. The number of hydrogen-bond donors (Lipinski definition) is 4. The summed E-state index contributed by atoms with van der Waals surface area (Å²) < 4.78 is 1.89. The van der Waals surface area contributed by atoms with Gasteiger partial charge in [0.05, 0.1) is 17.6 Å². The third-order valence-electron chi connectivity index (χ3n) is 6.35. The van der Waals surface area contributed by atoms with Crippen molar-refractivity contribution in [1.82, 2.24) is 34.6 Å². The number of pyridine rings is 1. The summed E-state index contributed by atoms with van der Waals surface area (Å²) in [6, 6.07) is 4.00. The SMILES string of the molecule is CC(C)n1cc(-c2cnc3[nH]cc(-c4cc(C5(O)CCN(C(=O)O)CC5)nc(N)n4)c3c2)cn1. The number of anilines is 1. The summed E-state index contributed by atoms with van der Waals surface area (Å²) in [7, 11) is 0. The highest BCUT2D eigenvalue weighted by molar-refractivity contribution is 5.95. The molecule has 1 aliphatic heterocycles. The van der Waals surface area contributed by atoms with Gasteiger partial charge >= 0.3 is 6.09 Å². The molecule has 0 spiro atoms. The predicted molar refractivity (Wildman–Crippen MR) is 126 cm³/mol. The molecule has 5 heterocycles. The van der Waals surface area contributed by atoms with Crippen LogP contribution in [0.2, 0.25) is 0 Å². The molecule has 4 aromatic rings. The van der Waals surface area contributed by atoms with Crippen molar-refractivity contribution < 1.29 is 15.0 Å². The number of aromatic nitrogens is 6. The van der Waals surface area contributed by atoms with E-state index in [0.717, 1.165) is 22.1 Å². The highest BCUT2D eigenvalue weighted by Crippen LogP contribution is 2.36. The van der Waals surface area contributed by atoms with Gasteiger partial charge < -0.3 is 25.8 Å². The van der Waals surface area contributed by atoms with Gasteiger partial charge in [0, 0.05) is 59.8 Å². The third-order valence-corrected chi connectivity index (χ3v) is 6.35. The second-order valence-electron chi connectivity index (χ2n) is 8.92. The molecule has 0 unspecified atom stereocenters. The Labute approximate surface area is 195 Å². The molecule has 1 saturated heterocycles. The summed E-state index contributed by atoms with van der Waals surface area (Å²) in [5.74, 6) is 0.0401. The summed E-state index contributed by atoms with van der Waals surface area (Å²) in [4.78, 5) is 28.9. The van der Waals surface area contributed by atoms with E-state index in [-0.39, 0.29) is 37.9 Å². The van der Waals surface area contributed by atoms with Crippen molar-refractivity contribution >= 4 is 23.1 Å². The Balaban J connectivity index is 1.52. The first-order valence-electron chi connectivity index (χ1n) is 11.1. The predicted octanol–water partition coefficient (Wildman–Crippen LogP) is 3.01. The molecule has 34 heavy (non-hydrogen) atoms. The molecule has 5 N–H and O–H groups in total. The van der Waals surface area contributed by atoms with Crippen molar-refractivity contribution in [2.24, 2.45) is 0 Å². The summed E-state index contributed by atoms with van der Waals surface area (Å²) in [5, 5.41) is 25.7. The number of aliphatic hydroxyl groups is 1. The second kappa shape index (κ2) is 8.10. The molecule has 0 saturated carbocycles. The molecule has 11 nitrogen and oxygen atoms in total. The maximum Gasteiger partial charge on any atom is 0.407 e. The summed E-state index contributed by atoms with van der Waals surface area (Å²) in [5.41, 5.74) is 9.04. The number of carboxylic acid groups (broad SMARTS) is 1. The van der Waals surface area contributed by atoms with Crippen LogP contribution in [0.4, 0.5) is 10.7 Å². The molecule has 5 rings (SSSR count). The minimum Gasteiger partial charge on any atom is -0.465 e. The van der Waals surface area contributed by atoms with Gasteiger partial charge in [-0.25, -0.2) is 19.7 Å². The zero-order valence-corrected chi connectivity index (χ0v) is 18.9. The van der Waals surface area contributed by atoms with E-state index >= 15 is 0 Å². The topological polar surface area (TPSA) is 159 Å². The molecule has 1 fully saturated rings. The van der Waals surface area contributed by atoms with Gasteiger partial charge in [-0.1, -0.05) is 0 Å². The number of aromatic amines is 1. The van der Waals surface area contributed by atoms with Crippen molar-refractivity contribution in [2.75, 3.05) is 18.8 Å². The number of nitrogens with two attached hydrogens (primary N) is 1. The lowest BCUT2D eigenvalue weighted by atomic mass is 9.87. The Bertz CT molecular complexity index is 1370. The Hall–Kier alpha value is -3.99. The van der Waals surface area contributed by atoms with Crippen molar-refractivity contribution in [3.05, 3.63) is 42.6 Å². The lowest BCUT2D eigenvalue weighted by Crippen LogP contribution is -2.45. The highest BCUT2D eigenvalue weighted by Gasteiger charge is 2.37. The summed E-state index contributed by atoms with van der Waals surface area (Å²) in [6.45, 7) is 4.57. The number of nitrogens with one attached hydrogen (secondary N) is 1. The highest BCUT2D eigenvalue weighted by atomic mass is 16.4. The minimum absolute atomic E-state index is 0.0401.